The third kappa shape index (κ3) is 5.86. The van der Waals surface area contributed by atoms with Gasteiger partial charge < -0.3 is 15.2 Å². The largest absolute Gasteiger partial charge is 1.00 e. The first-order valence-electron chi connectivity index (χ1n) is 5.00. The molecule has 96 valence electrons. The van der Waals surface area contributed by atoms with Crippen LogP contribution in [-0.2, 0) is 18.4 Å². The Labute approximate surface area is 120 Å². The van der Waals surface area contributed by atoms with Gasteiger partial charge in [-0.05, 0) is 12.1 Å². The number of para-hydroxylation sites is 1. The van der Waals surface area contributed by atoms with Crippen LogP contribution in [0.4, 0.5) is 0 Å². The molecule has 0 aromatic heterocycles. The molecule has 0 N–H and O–H groups in total. The van der Waals surface area contributed by atoms with Gasteiger partial charge in [-0.2, -0.15) is 0 Å². The Hall–Kier alpha value is -0.563. The molecule has 0 atom stereocenters. The maximum Gasteiger partial charge on any atom is 1.00 e. The van der Waals surface area contributed by atoms with E-state index in [9.17, 15) is 9.36 Å². The van der Waals surface area contributed by atoms with Gasteiger partial charge in [0.05, 0.1) is 0 Å². The molecule has 18 heavy (non-hydrogen) atoms. The number of rotatable bonds is 7. The number of benzene rings is 1. The number of hydrogen-bond donors (Lipinski definition) is 0. The molecule has 5 nitrogen and oxygen atoms in total. The fourth-order valence-electron chi connectivity index (χ4n) is 1.15. The molecule has 0 saturated carbocycles. The van der Waals surface area contributed by atoms with Crippen LogP contribution in [0.3, 0.4) is 0 Å². The van der Waals surface area contributed by atoms with Gasteiger partial charge >= 0.3 is 26.5 Å². The quantitative estimate of drug-likeness (QED) is 0.479. The van der Waals surface area contributed by atoms with Crippen molar-refractivity contribution in [3.8, 4) is 5.75 Å². The number of carbonyl (C=O) groups excluding carboxylic acids is 1. The van der Waals surface area contributed by atoms with Crippen molar-refractivity contribution in [1.29, 1.82) is 0 Å². The summed E-state index contributed by atoms with van der Waals surface area (Å²) < 4.78 is 26.2. The summed E-state index contributed by atoms with van der Waals surface area (Å²) >= 11 is 0. The molecule has 0 bridgehead atoms. The second-order valence-corrected chi connectivity index (χ2v) is 5.54. The van der Waals surface area contributed by atoms with E-state index in [0.29, 0.717) is 5.75 Å². The van der Waals surface area contributed by atoms with Gasteiger partial charge in [0.1, 0.15) is 18.5 Å². The van der Waals surface area contributed by atoms with Crippen molar-refractivity contribution in [2.24, 2.45) is 0 Å². The topological polar surface area (TPSA) is 61.8 Å². The summed E-state index contributed by atoms with van der Waals surface area (Å²) in [4.78, 5) is 11.5. The third-order valence-corrected chi connectivity index (χ3v) is 3.92. The summed E-state index contributed by atoms with van der Waals surface area (Å²) in [5.41, 5.74) is 0. The molecule has 0 unspecified atom stereocenters. The van der Waals surface area contributed by atoms with Crippen LogP contribution in [0, 0.1) is 0 Å². The molecular formula is C11H16LiO5P. The maximum absolute atomic E-state index is 11.7. The summed E-state index contributed by atoms with van der Waals surface area (Å²) in [5, 5.41) is 0. The van der Waals surface area contributed by atoms with Crippen molar-refractivity contribution < 1.29 is 43.4 Å². The van der Waals surface area contributed by atoms with Crippen LogP contribution in [0.5, 0.6) is 5.75 Å². The predicted molar refractivity (Wildman–Crippen MR) is 64.5 cm³/mol. The number of ketones is 1. The molecule has 0 spiro atoms. The van der Waals surface area contributed by atoms with E-state index in [4.69, 9.17) is 4.74 Å². The second kappa shape index (κ2) is 8.52. The minimum Gasteiger partial charge on any atom is -1.00 e. The maximum atomic E-state index is 11.7. The van der Waals surface area contributed by atoms with E-state index in [2.05, 4.69) is 9.05 Å². The van der Waals surface area contributed by atoms with Crippen molar-refractivity contribution in [2.45, 2.75) is 0 Å². The first-order valence-corrected chi connectivity index (χ1v) is 6.72. The van der Waals surface area contributed by atoms with E-state index < -0.39 is 7.60 Å². The normalized spacial score (nSPS) is 10.6. The van der Waals surface area contributed by atoms with Crippen LogP contribution >= 0.6 is 7.60 Å². The van der Waals surface area contributed by atoms with Crippen LogP contribution in [-0.4, -0.2) is 32.8 Å². The zero-order valence-electron chi connectivity index (χ0n) is 11.8. The van der Waals surface area contributed by atoms with Gasteiger partial charge in [-0.1, -0.05) is 18.2 Å². The van der Waals surface area contributed by atoms with Crippen LogP contribution in [0.1, 0.15) is 1.43 Å². The van der Waals surface area contributed by atoms with Crippen molar-refractivity contribution >= 4 is 13.4 Å². The summed E-state index contributed by atoms with van der Waals surface area (Å²) in [6.45, 7) is -0.152. The molecule has 1 rings (SSSR count). The molecule has 0 fully saturated rings. The summed E-state index contributed by atoms with van der Waals surface area (Å²) in [7, 11) is -0.797. The molecule has 0 aliphatic rings. The van der Waals surface area contributed by atoms with E-state index in [1.807, 2.05) is 6.07 Å². The van der Waals surface area contributed by atoms with Crippen molar-refractivity contribution in [1.82, 2.24) is 0 Å². The van der Waals surface area contributed by atoms with Gasteiger partial charge in [-0.25, -0.2) is 0 Å². The fourth-order valence-corrected chi connectivity index (χ4v) is 2.08. The first-order chi connectivity index (χ1) is 8.09. The minimum atomic E-state index is -3.29. The number of hydrogen-bond acceptors (Lipinski definition) is 5. The average Bonchev–Trinajstić information content (AvgIpc) is 2.37. The molecular weight excluding hydrogens is 250 g/mol. The van der Waals surface area contributed by atoms with Crippen molar-refractivity contribution in [2.75, 3.05) is 27.0 Å². The molecule has 0 amide bonds. The Balaban J connectivity index is 0. The molecule has 0 aliphatic carbocycles. The average molecular weight is 266 g/mol. The zero-order valence-corrected chi connectivity index (χ0v) is 11.7. The number of carbonyl (C=O) groups is 1. The fraction of sp³-hybridized carbons (Fsp3) is 0.364. The van der Waals surface area contributed by atoms with E-state index >= 15 is 0 Å². The van der Waals surface area contributed by atoms with Gasteiger partial charge in [0.15, 0.2) is 5.78 Å². The first kappa shape index (κ1) is 17.4. The zero-order chi connectivity index (χ0) is 12.7. The van der Waals surface area contributed by atoms with Gasteiger partial charge in [0, 0.05) is 14.2 Å². The Kier molecular flexibility index (Phi) is 8.26. The SMILES string of the molecule is COP(=O)(CC(=O)COc1ccccc1)OC.[H-].[Li+]. The van der Waals surface area contributed by atoms with Crippen LogP contribution in [0.25, 0.3) is 0 Å². The van der Waals surface area contributed by atoms with Crippen LogP contribution in [0.2, 0.25) is 0 Å². The van der Waals surface area contributed by atoms with Crippen molar-refractivity contribution in [3.63, 3.8) is 0 Å². The summed E-state index contributed by atoms with van der Waals surface area (Å²) in [5.74, 6) is 0.256. The van der Waals surface area contributed by atoms with E-state index in [0.717, 1.165) is 0 Å². The Morgan fingerprint density at radius 1 is 1.22 bits per heavy atom. The van der Waals surface area contributed by atoms with E-state index in [-0.39, 0.29) is 38.8 Å². The van der Waals surface area contributed by atoms with Crippen LogP contribution in [0.15, 0.2) is 30.3 Å². The molecule has 7 heteroatoms. The van der Waals surface area contributed by atoms with Gasteiger partial charge in [-0.15, -0.1) is 0 Å². The van der Waals surface area contributed by atoms with Gasteiger partial charge in [0.25, 0.3) is 0 Å². The predicted octanol–water partition coefficient (Wildman–Crippen LogP) is -0.763. The third-order valence-electron chi connectivity index (χ3n) is 2.07. The Morgan fingerprint density at radius 3 is 2.28 bits per heavy atom. The van der Waals surface area contributed by atoms with Gasteiger partial charge in [0.2, 0.25) is 0 Å². The van der Waals surface area contributed by atoms with Crippen LogP contribution < -0.4 is 23.6 Å². The molecule has 1 aromatic carbocycles. The smallest absolute Gasteiger partial charge is 1.00 e. The summed E-state index contributed by atoms with van der Waals surface area (Å²) in [6, 6.07) is 8.92. The molecule has 0 aliphatic heterocycles. The molecule has 0 radical (unpaired) electrons. The number of ether oxygens (including phenoxy) is 1. The van der Waals surface area contributed by atoms with E-state index in [1.165, 1.54) is 14.2 Å². The molecule has 1 aromatic rings. The van der Waals surface area contributed by atoms with Gasteiger partial charge in [-0.3, -0.25) is 9.36 Å². The Morgan fingerprint density at radius 2 is 1.78 bits per heavy atom. The molecule has 0 saturated heterocycles. The molecule has 0 heterocycles. The minimum absolute atomic E-state index is 0. The van der Waals surface area contributed by atoms with E-state index in [1.54, 1.807) is 24.3 Å². The van der Waals surface area contributed by atoms with Crippen molar-refractivity contribution in [3.05, 3.63) is 30.3 Å². The Bertz CT molecular complexity index is 407. The standard InChI is InChI=1S/C11H15O5P.Li.H/c1-14-17(13,15-2)9-10(12)8-16-11-6-4-3-5-7-11;;/h3-7H,8-9H2,1-2H3;;/q;+1;-1. The number of Topliss-reactive ketones (excluding diaryl/α,β-unsaturated/α-hetero) is 1. The second-order valence-electron chi connectivity index (χ2n) is 3.27. The monoisotopic (exact) mass is 266 g/mol. The summed E-state index contributed by atoms with van der Waals surface area (Å²) in [6.07, 6.45) is -0.285.